The minimum atomic E-state index is -0.109. The number of nitrogens with zero attached hydrogens (tertiary/aromatic N) is 1. The first-order valence-electron chi connectivity index (χ1n) is 5.80. The summed E-state index contributed by atoms with van der Waals surface area (Å²) < 4.78 is 0.822. The normalized spacial score (nSPS) is 11.7. The average molecular weight is 310 g/mol. The van der Waals surface area contributed by atoms with Crippen molar-refractivity contribution in [1.82, 2.24) is 0 Å². The van der Waals surface area contributed by atoms with Crippen LogP contribution < -0.4 is 11.1 Å². The molecule has 0 spiro atoms. The highest BCUT2D eigenvalue weighted by Crippen LogP contribution is 2.21. The predicted molar refractivity (Wildman–Crippen MR) is 74.9 cm³/mol. The third kappa shape index (κ3) is 4.13. The zero-order valence-corrected chi connectivity index (χ0v) is 11.8. The number of nitriles is 1. The van der Waals surface area contributed by atoms with Gasteiger partial charge in [-0.25, -0.2) is 0 Å². The topological polar surface area (TPSA) is 78.9 Å². The summed E-state index contributed by atoms with van der Waals surface area (Å²) in [6.07, 6.45) is 1.25. The van der Waals surface area contributed by atoms with E-state index in [1.165, 1.54) is 0 Å². The van der Waals surface area contributed by atoms with Gasteiger partial charge in [-0.2, -0.15) is 5.26 Å². The van der Waals surface area contributed by atoms with Gasteiger partial charge in [0.15, 0.2) is 0 Å². The molecule has 1 amide bonds. The lowest BCUT2D eigenvalue weighted by atomic mass is 10.0. The predicted octanol–water partition coefficient (Wildman–Crippen LogP) is 2.63. The van der Waals surface area contributed by atoms with Gasteiger partial charge < -0.3 is 11.1 Å². The third-order valence-electron chi connectivity index (χ3n) is 2.76. The summed E-state index contributed by atoms with van der Waals surface area (Å²) >= 11 is 3.31. The van der Waals surface area contributed by atoms with Crippen molar-refractivity contribution >= 4 is 27.5 Å². The summed E-state index contributed by atoms with van der Waals surface area (Å²) in [7, 11) is 0. The number of carbonyl (C=O) groups excluding carboxylic acids is 1. The second-order valence-corrected chi connectivity index (χ2v) is 4.98. The van der Waals surface area contributed by atoms with Crippen molar-refractivity contribution in [2.45, 2.75) is 19.8 Å². The van der Waals surface area contributed by atoms with E-state index in [2.05, 4.69) is 21.2 Å². The highest BCUT2D eigenvalue weighted by Gasteiger charge is 2.12. The Labute approximate surface area is 115 Å². The van der Waals surface area contributed by atoms with Crippen LogP contribution in [0, 0.1) is 17.2 Å². The molecule has 96 valence electrons. The summed E-state index contributed by atoms with van der Waals surface area (Å²) in [5.41, 5.74) is 6.55. The van der Waals surface area contributed by atoms with E-state index in [1.807, 2.05) is 13.0 Å². The lowest BCUT2D eigenvalue weighted by Gasteiger charge is -2.12. The number of nitrogens with one attached hydrogen (secondary N) is 1. The van der Waals surface area contributed by atoms with Crippen LogP contribution in [0.4, 0.5) is 5.69 Å². The largest absolute Gasteiger partial charge is 0.330 e. The molecule has 3 N–H and O–H groups in total. The lowest BCUT2D eigenvalue weighted by molar-refractivity contribution is -0.117. The van der Waals surface area contributed by atoms with Crippen LogP contribution >= 0.6 is 15.9 Å². The van der Waals surface area contributed by atoms with Crippen molar-refractivity contribution in [3.63, 3.8) is 0 Å². The number of carbonyl (C=O) groups is 1. The van der Waals surface area contributed by atoms with Crippen LogP contribution in [-0.4, -0.2) is 12.5 Å². The molecule has 0 bridgehead atoms. The molecule has 1 rings (SSSR count). The van der Waals surface area contributed by atoms with Crippen molar-refractivity contribution in [1.29, 1.82) is 5.26 Å². The monoisotopic (exact) mass is 309 g/mol. The van der Waals surface area contributed by atoms with Crippen LogP contribution in [0.2, 0.25) is 0 Å². The Morgan fingerprint density at radius 1 is 1.61 bits per heavy atom. The van der Waals surface area contributed by atoms with Crippen molar-refractivity contribution < 1.29 is 4.79 Å². The Hall–Kier alpha value is -1.38. The number of hydrogen-bond donors (Lipinski definition) is 2. The van der Waals surface area contributed by atoms with E-state index in [0.29, 0.717) is 24.2 Å². The Bertz CT molecular complexity index is 464. The molecular formula is C13H16BrN3O. The van der Waals surface area contributed by atoms with Gasteiger partial charge in [0.25, 0.3) is 0 Å². The Morgan fingerprint density at radius 2 is 2.33 bits per heavy atom. The molecule has 1 unspecified atom stereocenters. The molecule has 0 aliphatic rings. The smallest absolute Gasteiger partial charge is 0.224 e. The second kappa shape index (κ2) is 7.14. The SMILES string of the molecule is CCC(CN)CC(=O)Nc1cc(Br)ccc1C#N. The highest BCUT2D eigenvalue weighted by molar-refractivity contribution is 9.10. The standard InChI is InChI=1S/C13H16BrN3O/c1-2-9(7-15)5-13(18)17-12-6-11(14)4-3-10(12)8-16/h3-4,6,9H,2,5,7,15H2,1H3,(H,17,18). The van der Waals surface area contributed by atoms with E-state index in [-0.39, 0.29) is 11.8 Å². The molecule has 5 heteroatoms. The van der Waals surface area contributed by atoms with Gasteiger partial charge in [0, 0.05) is 10.9 Å². The zero-order chi connectivity index (χ0) is 13.5. The van der Waals surface area contributed by atoms with Crippen LogP contribution in [0.25, 0.3) is 0 Å². The maximum atomic E-state index is 11.8. The van der Waals surface area contributed by atoms with Crippen molar-refractivity contribution in [3.8, 4) is 6.07 Å². The third-order valence-corrected chi connectivity index (χ3v) is 3.25. The molecule has 0 heterocycles. The minimum Gasteiger partial charge on any atom is -0.330 e. The van der Waals surface area contributed by atoms with E-state index in [4.69, 9.17) is 11.0 Å². The van der Waals surface area contributed by atoms with E-state index >= 15 is 0 Å². The van der Waals surface area contributed by atoms with E-state index < -0.39 is 0 Å². The summed E-state index contributed by atoms with van der Waals surface area (Å²) in [4.78, 5) is 11.8. The van der Waals surface area contributed by atoms with Crippen LogP contribution in [-0.2, 0) is 4.79 Å². The van der Waals surface area contributed by atoms with E-state index in [1.54, 1.807) is 18.2 Å². The lowest BCUT2D eigenvalue weighted by Crippen LogP contribution is -2.22. The average Bonchev–Trinajstić information content (AvgIpc) is 2.36. The van der Waals surface area contributed by atoms with Gasteiger partial charge in [0.2, 0.25) is 5.91 Å². The van der Waals surface area contributed by atoms with Crippen LogP contribution in [0.5, 0.6) is 0 Å². The van der Waals surface area contributed by atoms with Gasteiger partial charge in [-0.1, -0.05) is 29.3 Å². The molecule has 0 saturated carbocycles. The van der Waals surface area contributed by atoms with Gasteiger partial charge in [0.05, 0.1) is 11.3 Å². The Kier molecular flexibility index (Phi) is 5.83. The summed E-state index contributed by atoms with van der Waals surface area (Å²) in [5.74, 6) is 0.0737. The summed E-state index contributed by atoms with van der Waals surface area (Å²) in [6, 6.07) is 7.20. The van der Waals surface area contributed by atoms with Crippen LogP contribution in [0.3, 0.4) is 0 Å². The molecule has 1 aromatic carbocycles. The number of halogens is 1. The number of anilines is 1. The molecule has 1 atom stereocenters. The molecule has 4 nitrogen and oxygen atoms in total. The van der Waals surface area contributed by atoms with Crippen LogP contribution in [0.1, 0.15) is 25.3 Å². The fourth-order valence-corrected chi connectivity index (χ4v) is 1.94. The van der Waals surface area contributed by atoms with Crippen molar-refractivity contribution in [2.75, 3.05) is 11.9 Å². The fourth-order valence-electron chi connectivity index (χ4n) is 1.58. The number of hydrogen-bond acceptors (Lipinski definition) is 3. The molecule has 0 saturated heterocycles. The van der Waals surface area contributed by atoms with Gasteiger partial charge >= 0.3 is 0 Å². The van der Waals surface area contributed by atoms with Crippen molar-refractivity contribution in [3.05, 3.63) is 28.2 Å². The van der Waals surface area contributed by atoms with E-state index in [0.717, 1.165) is 10.9 Å². The molecule has 0 aliphatic heterocycles. The fraction of sp³-hybridized carbons (Fsp3) is 0.385. The van der Waals surface area contributed by atoms with Crippen molar-refractivity contribution in [2.24, 2.45) is 11.7 Å². The number of amides is 1. The number of nitrogens with two attached hydrogens (primary N) is 1. The molecule has 0 fully saturated rings. The zero-order valence-electron chi connectivity index (χ0n) is 10.2. The molecule has 1 aromatic rings. The molecule has 18 heavy (non-hydrogen) atoms. The van der Waals surface area contributed by atoms with E-state index in [9.17, 15) is 4.79 Å². The highest BCUT2D eigenvalue weighted by atomic mass is 79.9. The Balaban J connectivity index is 2.75. The maximum absolute atomic E-state index is 11.8. The summed E-state index contributed by atoms with van der Waals surface area (Å²) in [6.45, 7) is 2.50. The first-order chi connectivity index (χ1) is 8.60. The first-order valence-corrected chi connectivity index (χ1v) is 6.59. The first kappa shape index (κ1) is 14.7. The maximum Gasteiger partial charge on any atom is 0.224 e. The molecule has 0 aromatic heterocycles. The molecule has 0 radical (unpaired) electrons. The Morgan fingerprint density at radius 3 is 2.89 bits per heavy atom. The van der Waals surface area contributed by atoms with Gasteiger partial charge in [-0.3, -0.25) is 4.79 Å². The van der Waals surface area contributed by atoms with Gasteiger partial charge in [-0.05, 0) is 30.7 Å². The quantitative estimate of drug-likeness (QED) is 0.877. The number of rotatable bonds is 5. The molecular weight excluding hydrogens is 294 g/mol. The van der Waals surface area contributed by atoms with Crippen LogP contribution in [0.15, 0.2) is 22.7 Å². The minimum absolute atomic E-state index is 0.109. The number of benzene rings is 1. The second-order valence-electron chi connectivity index (χ2n) is 4.06. The van der Waals surface area contributed by atoms with Gasteiger partial charge in [-0.15, -0.1) is 0 Å². The molecule has 0 aliphatic carbocycles. The van der Waals surface area contributed by atoms with Gasteiger partial charge in [0.1, 0.15) is 6.07 Å². The summed E-state index contributed by atoms with van der Waals surface area (Å²) in [5, 5.41) is 11.7.